The van der Waals surface area contributed by atoms with Gasteiger partial charge in [-0.15, -0.1) is 10.2 Å². The highest BCUT2D eigenvalue weighted by atomic mass is 16.6. The first-order valence-electron chi connectivity index (χ1n) is 8.45. The summed E-state index contributed by atoms with van der Waals surface area (Å²) in [6.45, 7) is 3.67. The van der Waals surface area contributed by atoms with Gasteiger partial charge in [-0.05, 0) is 38.1 Å². The molecule has 3 rings (SSSR count). The molecular weight excluding hydrogens is 366 g/mol. The van der Waals surface area contributed by atoms with Crippen molar-refractivity contribution >= 4 is 11.7 Å². The van der Waals surface area contributed by atoms with Crippen molar-refractivity contribution < 1.29 is 23.6 Å². The zero-order valence-electron chi connectivity index (χ0n) is 15.2. The number of hydrogen-bond donors (Lipinski definition) is 0. The van der Waals surface area contributed by atoms with E-state index in [4.69, 9.17) is 13.9 Å². The zero-order valence-corrected chi connectivity index (χ0v) is 15.2. The summed E-state index contributed by atoms with van der Waals surface area (Å²) >= 11 is 0. The summed E-state index contributed by atoms with van der Waals surface area (Å²) in [5.74, 6) is -0.234. The van der Waals surface area contributed by atoms with Gasteiger partial charge in [0.1, 0.15) is 0 Å². The number of aromatic nitrogens is 2. The van der Waals surface area contributed by atoms with Gasteiger partial charge in [-0.3, -0.25) is 10.1 Å². The van der Waals surface area contributed by atoms with Crippen molar-refractivity contribution in [1.82, 2.24) is 10.2 Å². The highest BCUT2D eigenvalue weighted by Gasteiger charge is 2.20. The summed E-state index contributed by atoms with van der Waals surface area (Å²) in [5, 5.41) is 18.9. The van der Waals surface area contributed by atoms with Crippen molar-refractivity contribution in [3.05, 3.63) is 69.6 Å². The number of esters is 1. The van der Waals surface area contributed by atoms with E-state index in [-0.39, 0.29) is 36.1 Å². The van der Waals surface area contributed by atoms with Gasteiger partial charge in [-0.2, -0.15) is 0 Å². The van der Waals surface area contributed by atoms with Crippen molar-refractivity contribution in [2.75, 3.05) is 6.61 Å². The van der Waals surface area contributed by atoms with Gasteiger partial charge in [0.05, 0.1) is 17.1 Å². The van der Waals surface area contributed by atoms with Gasteiger partial charge < -0.3 is 13.9 Å². The molecule has 0 N–H and O–H groups in total. The lowest BCUT2D eigenvalue weighted by Crippen LogP contribution is -2.07. The molecule has 0 atom stereocenters. The van der Waals surface area contributed by atoms with E-state index < -0.39 is 10.9 Å². The largest absolute Gasteiger partial charge is 0.487 e. The van der Waals surface area contributed by atoms with Gasteiger partial charge in [0.2, 0.25) is 5.89 Å². The number of benzene rings is 2. The zero-order chi connectivity index (χ0) is 20.1. The minimum atomic E-state index is -0.749. The van der Waals surface area contributed by atoms with E-state index in [1.54, 1.807) is 6.92 Å². The molecule has 0 fully saturated rings. The van der Waals surface area contributed by atoms with Gasteiger partial charge in [-0.1, -0.05) is 17.7 Å². The monoisotopic (exact) mass is 383 g/mol. The molecule has 28 heavy (non-hydrogen) atoms. The quantitative estimate of drug-likeness (QED) is 0.344. The Morgan fingerprint density at radius 1 is 1.21 bits per heavy atom. The minimum Gasteiger partial charge on any atom is -0.487 e. The fourth-order valence-corrected chi connectivity index (χ4v) is 2.48. The molecule has 2 aromatic carbocycles. The lowest BCUT2D eigenvalue weighted by molar-refractivity contribution is -0.385. The highest BCUT2D eigenvalue weighted by molar-refractivity contribution is 5.90. The lowest BCUT2D eigenvalue weighted by Gasteiger charge is -2.06. The normalized spacial score (nSPS) is 10.5. The summed E-state index contributed by atoms with van der Waals surface area (Å²) < 4.78 is 15.8. The van der Waals surface area contributed by atoms with E-state index in [0.717, 1.165) is 17.2 Å². The molecule has 0 aliphatic heterocycles. The SMILES string of the molecule is CCOc1ccc(C(=O)OCc2nnc(-c3cccc(C)c3)o2)cc1[N+](=O)[O-]. The maximum Gasteiger partial charge on any atom is 0.338 e. The highest BCUT2D eigenvalue weighted by Crippen LogP contribution is 2.28. The van der Waals surface area contributed by atoms with Crippen LogP contribution in [-0.4, -0.2) is 27.7 Å². The molecule has 0 spiro atoms. The average Bonchev–Trinajstić information content (AvgIpc) is 3.15. The third-order valence-electron chi connectivity index (χ3n) is 3.75. The van der Waals surface area contributed by atoms with Crippen LogP contribution in [0.2, 0.25) is 0 Å². The molecule has 0 unspecified atom stereocenters. The molecule has 0 radical (unpaired) electrons. The molecule has 1 heterocycles. The molecule has 3 aromatic rings. The van der Waals surface area contributed by atoms with E-state index in [0.29, 0.717) is 5.89 Å². The Bertz CT molecular complexity index is 1010. The first kappa shape index (κ1) is 19.0. The topological polar surface area (TPSA) is 118 Å². The Labute approximate surface area is 160 Å². The fraction of sp³-hybridized carbons (Fsp3) is 0.211. The van der Waals surface area contributed by atoms with Gasteiger partial charge in [0, 0.05) is 11.6 Å². The summed E-state index contributed by atoms with van der Waals surface area (Å²) in [6, 6.07) is 11.4. The summed E-state index contributed by atoms with van der Waals surface area (Å²) in [6.07, 6.45) is 0. The van der Waals surface area contributed by atoms with E-state index in [1.807, 2.05) is 31.2 Å². The average molecular weight is 383 g/mol. The Morgan fingerprint density at radius 2 is 2.04 bits per heavy atom. The van der Waals surface area contributed by atoms with Crippen LogP contribution < -0.4 is 4.74 Å². The van der Waals surface area contributed by atoms with Crippen LogP contribution in [0.5, 0.6) is 5.75 Å². The molecule has 9 heteroatoms. The summed E-state index contributed by atoms with van der Waals surface area (Å²) in [4.78, 5) is 22.7. The van der Waals surface area contributed by atoms with Crippen LogP contribution in [0.15, 0.2) is 46.9 Å². The van der Waals surface area contributed by atoms with Crippen LogP contribution in [0.3, 0.4) is 0 Å². The maximum atomic E-state index is 12.2. The fourth-order valence-electron chi connectivity index (χ4n) is 2.48. The maximum absolute atomic E-state index is 12.2. The number of ether oxygens (including phenoxy) is 2. The number of nitro groups is 1. The Balaban J connectivity index is 1.69. The standard InChI is InChI=1S/C19H17N3O6/c1-3-26-16-8-7-14(10-15(16)22(24)25)19(23)27-11-17-20-21-18(28-17)13-6-4-5-12(2)9-13/h4-10H,3,11H2,1-2H3. The Morgan fingerprint density at radius 3 is 2.75 bits per heavy atom. The first-order valence-corrected chi connectivity index (χ1v) is 8.45. The second-order valence-electron chi connectivity index (χ2n) is 5.82. The number of carbonyl (C=O) groups excluding carboxylic acids is 1. The van der Waals surface area contributed by atoms with Crippen LogP contribution in [0, 0.1) is 17.0 Å². The molecule has 144 valence electrons. The molecular formula is C19H17N3O6. The smallest absolute Gasteiger partial charge is 0.338 e. The van der Waals surface area contributed by atoms with Gasteiger partial charge in [0.15, 0.2) is 12.4 Å². The lowest BCUT2D eigenvalue weighted by atomic mass is 10.1. The molecule has 0 saturated carbocycles. The van der Waals surface area contributed by atoms with E-state index >= 15 is 0 Å². The molecule has 1 aromatic heterocycles. The van der Waals surface area contributed by atoms with Crippen LogP contribution in [0.4, 0.5) is 5.69 Å². The predicted octanol–water partition coefficient (Wildman–Crippen LogP) is 3.71. The molecule has 0 aliphatic carbocycles. The van der Waals surface area contributed by atoms with Crippen molar-refractivity contribution in [2.24, 2.45) is 0 Å². The van der Waals surface area contributed by atoms with Crippen molar-refractivity contribution in [1.29, 1.82) is 0 Å². The molecule has 0 bridgehead atoms. The molecule has 0 aliphatic rings. The summed E-state index contributed by atoms with van der Waals surface area (Å²) in [5.41, 5.74) is 1.51. The predicted molar refractivity (Wildman–Crippen MR) is 97.9 cm³/mol. The number of rotatable bonds is 7. The minimum absolute atomic E-state index is 0.0218. The van der Waals surface area contributed by atoms with Crippen molar-refractivity contribution in [3.63, 3.8) is 0 Å². The van der Waals surface area contributed by atoms with Crippen molar-refractivity contribution in [2.45, 2.75) is 20.5 Å². The first-order chi connectivity index (χ1) is 13.5. The van der Waals surface area contributed by atoms with E-state index in [1.165, 1.54) is 12.1 Å². The van der Waals surface area contributed by atoms with Crippen LogP contribution >= 0.6 is 0 Å². The molecule has 0 amide bonds. The summed E-state index contributed by atoms with van der Waals surface area (Å²) in [7, 11) is 0. The Kier molecular flexibility index (Phi) is 5.64. The number of nitro benzene ring substituents is 1. The number of hydrogen-bond acceptors (Lipinski definition) is 8. The number of nitrogens with zero attached hydrogens (tertiary/aromatic N) is 3. The van der Waals surface area contributed by atoms with E-state index in [2.05, 4.69) is 10.2 Å². The third-order valence-corrected chi connectivity index (χ3v) is 3.75. The van der Waals surface area contributed by atoms with Gasteiger partial charge in [0.25, 0.3) is 5.89 Å². The van der Waals surface area contributed by atoms with Crippen LogP contribution in [0.1, 0.15) is 28.7 Å². The number of carbonyl (C=O) groups is 1. The van der Waals surface area contributed by atoms with Gasteiger partial charge >= 0.3 is 11.7 Å². The van der Waals surface area contributed by atoms with Crippen LogP contribution in [-0.2, 0) is 11.3 Å². The second-order valence-corrected chi connectivity index (χ2v) is 5.82. The third kappa shape index (κ3) is 4.32. The molecule has 9 nitrogen and oxygen atoms in total. The number of aryl methyl sites for hydroxylation is 1. The van der Waals surface area contributed by atoms with Crippen molar-refractivity contribution in [3.8, 4) is 17.2 Å². The van der Waals surface area contributed by atoms with Gasteiger partial charge in [-0.25, -0.2) is 4.79 Å². The Hall–Kier alpha value is -3.75. The van der Waals surface area contributed by atoms with E-state index in [9.17, 15) is 14.9 Å². The molecule has 0 saturated heterocycles. The van der Waals surface area contributed by atoms with Crippen LogP contribution in [0.25, 0.3) is 11.5 Å². The second kappa shape index (κ2) is 8.30.